The second-order valence-electron chi connectivity index (χ2n) is 15.6. The number of nitrogens with zero attached hydrogens (tertiary/aromatic N) is 4. The van der Waals surface area contributed by atoms with E-state index in [1.165, 1.54) is 5.56 Å². The number of urea groups is 1. The first-order chi connectivity index (χ1) is 27.6. The summed E-state index contributed by atoms with van der Waals surface area (Å²) in [6, 6.07) is 22.9. The number of rotatable bonds is 12. The second-order valence-corrected chi connectivity index (χ2v) is 15.6. The fourth-order valence-corrected chi connectivity index (χ4v) is 8.44. The Balaban J connectivity index is 1.03. The lowest BCUT2D eigenvalue weighted by atomic mass is 9.94. The monoisotopic (exact) mass is 773 g/mol. The number of aromatic amines is 1. The van der Waals surface area contributed by atoms with Gasteiger partial charge in [-0.1, -0.05) is 36.4 Å². The van der Waals surface area contributed by atoms with Crippen molar-refractivity contribution in [3.05, 3.63) is 116 Å². The van der Waals surface area contributed by atoms with Gasteiger partial charge in [-0.15, -0.1) is 0 Å². The van der Waals surface area contributed by atoms with Gasteiger partial charge in [-0.25, -0.2) is 4.79 Å². The average molecular weight is 774 g/mol. The molecule has 1 aromatic heterocycles. The van der Waals surface area contributed by atoms with Gasteiger partial charge in [0.25, 0.3) is 11.5 Å². The number of nitrogens with one attached hydrogen (secondary N) is 3. The molecule has 57 heavy (non-hydrogen) atoms. The molecule has 0 unspecified atom stereocenters. The summed E-state index contributed by atoms with van der Waals surface area (Å²) in [4.78, 5) is 62.5. The minimum Gasteiger partial charge on any atom is -0.381 e. The number of amides is 4. The van der Waals surface area contributed by atoms with E-state index in [-0.39, 0.29) is 29.9 Å². The molecule has 0 saturated carbocycles. The van der Waals surface area contributed by atoms with E-state index in [0.717, 1.165) is 117 Å². The van der Waals surface area contributed by atoms with E-state index in [9.17, 15) is 19.2 Å². The highest BCUT2D eigenvalue weighted by molar-refractivity contribution is 6.05. The Hall–Kier alpha value is -5.30. The molecule has 3 aliphatic heterocycles. The highest BCUT2D eigenvalue weighted by Crippen LogP contribution is 2.34. The van der Waals surface area contributed by atoms with Crippen molar-refractivity contribution < 1.29 is 19.1 Å². The molecule has 3 aliphatic rings. The van der Waals surface area contributed by atoms with E-state index in [1.807, 2.05) is 45.0 Å². The summed E-state index contributed by atoms with van der Waals surface area (Å²) < 4.78 is 5.69. The Bertz CT molecular complexity index is 2150. The summed E-state index contributed by atoms with van der Waals surface area (Å²) in [5.74, 6) is -0.430. The van der Waals surface area contributed by atoms with Crippen molar-refractivity contribution >= 4 is 29.2 Å². The summed E-state index contributed by atoms with van der Waals surface area (Å²) in [6.07, 6.45) is 2.18. The van der Waals surface area contributed by atoms with Crippen LogP contribution in [0.15, 0.2) is 71.5 Å². The molecule has 4 aromatic rings. The molecule has 3 fully saturated rings. The van der Waals surface area contributed by atoms with Gasteiger partial charge in [0.2, 0.25) is 5.91 Å². The van der Waals surface area contributed by atoms with E-state index in [2.05, 4.69) is 79.7 Å². The van der Waals surface area contributed by atoms with E-state index in [4.69, 9.17) is 4.74 Å². The Morgan fingerprint density at radius 3 is 2.21 bits per heavy atom. The Labute approximate surface area is 335 Å². The van der Waals surface area contributed by atoms with Crippen molar-refractivity contribution in [2.75, 3.05) is 62.3 Å². The Kier molecular flexibility index (Phi) is 12.5. The zero-order valence-corrected chi connectivity index (χ0v) is 33.7. The van der Waals surface area contributed by atoms with Crippen molar-refractivity contribution in [3.8, 4) is 11.1 Å². The summed E-state index contributed by atoms with van der Waals surface area (Å²) in [6.45, 7) is 16.2. The number of pyridine rings is 1. The summed E-state index contributed by atoms with van der Waals surface area (Å²) in [7, 11) is 0. The van der Waals surface area contributed by atoms with Crippen molar-refractivity contribution in [1.29, 1.82) is 0 Å². The van der Waals surface area contributed by atoms with Crippen molar-refractivity contribution in [3.63, 3.8) is 0 Å². The highest BCUT2D eigenvalue weighted by Gasteiger charge is 2.27. The molecule has 0 aliphatic carbocycles. The molecule has 12 nitrogen and oxygen atoms in total. The van der Waals surface area contributed by atoms with Gasteiger partial charge in [0, 0.05) is 113 Å². The summed E-state index contributed by atoms with van der Waals surface area (Å²) >= 11 is 0. The number of hydrogen-bond acceptors (Lipinski definition) is 8. The molecule has 3 saturated heterocycles. The molecule has 0 bridgehead atoms. The fraction of sp³-hybridized carbons (Fsp3) is 0.422. The third kappa shape index (κ3) is 9.47. The zero-order valence-electron chi connectivity index (χ0n) is 33.7. The van der Waals surface area contributed by atoms with Gasteiger partial charge in [-0.2, -0.15) is 0 Å². The van der Waals surface area contributed by atoms with E-state index < -0.39 is 0 Å². The standard InChI is InChI=1S/C45H55N7O5/c1-5-51(37-14-21-57-22-15-37)41-26-36(25-39(32(41)4)43(54)46-27-40-30(2)23-31(3)47-44(40)55)35-11-9-33(10-12-35)28-49-17-19-50(20-18-49)29-34-7-6-8-38(24-34)52-16-13-42(53)48-45(52)56/h6-12,23-26,37H,5,13-22,27-29H2,1-4H3,(H,46,54)(H,47,55)(H,48,53,56). The third-order valence-electron chi connectivity index (χ3n) is 11.7. The molecule has 0 radical (unpaired) electrons. The first-order valence-electron chi connectivity index (χ1n) is 20.3. The lowest BCUT2D eigenvalue weighted by Gasteiger charge is -2.37. The van der Waals surface area contributed by atoms with Crippen LogP contribution >= 0.6 is 0 Å². The van der Waals surface area contributed by atoms with Crippen LogP contribution in [0.4, 0.5) is 16.2 Å². The molecule has 3 N–H and O–H groups in total. The third-order valence-corrected chi connectivity index (χ3v) is 11.7. The number of ether oxygens (including phenoxy) is 1. The minimum absolute atomic E-state index is 0.149. The van der Waals surface area contributed by atoms with E-state index in [0.29, 0.717) is 30.1 Å². The van der Waals surface area contributed by atoms with Crippen LogP contribution in [0.1, 0.15) is 70.1 Å². The van der Waals surface area contributed by atoms with Gasteiger partial charge in [0.15, 0.2) is 0 Å². The van der Waals surface area contributed by atoms with Gasteiger partial charge in [-0.3, -0.25) is 34.4 Å². The maximum Gasteiger partial charge on any atom is 0.328 e. The zero-order chi connectivity index (χ0) is 40.1. The van der Waals surface area contributed by atoms with Crippen LogP contribution in [0.2, 0.25) is 0 Å². The molecule has 7 rings (SSSR count). The summed E-state index contributed by atoms with van der Waals surface area (Å²) in [5.41, 5.74) is 9.85. The van der Waals surface area contributed by atoms with Crippen LogP contribution in [0.25, 0.3) is 11.1 Å². The lowest BCUT2D eigenvalue weighted by molar-refractivity contribution is -0.120. The first kappa shape index (κ1) is 39.9. The second kappa shape index (κ2) is 17.9. The smallest absolute Gasteiger partial charge is 0.328 e. The number of aromatic nitrogens is 1. The fourth-order valence-electron chi connectivity index (χ4n) is 8.44. The van der Waals surface area contributed by atoms with E-state index >= 15 is 0 Å². The van der Waals surface area contributed by atoms with Crippen LogP contribution in [0.5, 0.6) is 0 Å². The molecular weight excluding hydrogens is 719 g/mol. The van der Waals surface area contributed by atoms with Gasteiger partial charge >= 0.3 is 6.03 Å². The molecular formula is C45H55N7O5. The van der Waals surface area contributed by atoms with Gasteiger partial charge in [-0.05, 0) is 104 Å². The predicted molar refractivity (Wildman–Crippen MR) is 224 cm³/mol. The quantitative estimate of drug-likeness (QED) is 0.168. The van der Waals surface area contributed by atoms with Crippen molar-refractivity contribution in [1.82, 2.24) is 25.4 Å². The topological polar surface area (TPSA) is 130 Å². The molecule has 4 amide bonds. The minimum atomic E-state index is -0.362. The molecule has 300 valence electrons. The maximum atomic E-state index is 14.0. The van der Waals surface area contributed by atoms with Crippen LogP contribution in [0, 0.1) is 20.8 Å². The summed E-state index contributed by atoms with van der Waals surface area (Å²) in [5, 5.41) is 5.47. The van der Waals surface area contributed by atoms with Crippen molar-refractivity contribution in [2.45, 2.75) is 72.6 Å². The van der Waals surface area contributed by atoms with Crippen LogP contribution < -0.4 is 26.0 Å². The number of aryl methyl sites for hydroxylation is 2. The SMILES string of the molecule is CCN(c1cc(-c2ccc(CN3CCN(Cc4cccc(N5CCC(=O)NC5=O)c4)CC3)cc2)cc(C(=O)NCc2c(C)cc(C)[nH]c2=O)c1C)C1CCOCC1. The number of carbonyl (C=O) groups is 3. The Morgan fingerprint density at radius 2 is 1.54 bits per heavy atom. The average Bonchev–Trinajstić information content (AvgIpc) is 3.20. The molecule has 3 aromatic carbocycles. The maximum absolute atomic E-state index is 14.0. The normalized spacial score (nSPS) is 17.1. The predicted octanol–water partition coefficient (Wildman–Crippen LogP) is 5.67. The molecule has 0 spiro atoms. The number of benzene rings is 3. The van der Waals surface area contributed by atoms with Crippen LogP contribution in [-0.4, -0.2) is 91.2 Å². The molecule has 12 heteroatoms. The van der Waals surface area contributed by atoms with Gasteiger partial charge in [0.05, 0.1) is 0 Å². The van der Waals surface area contributed by atoms with Crippen LogP contribution in [-0.2, 0) is 29.2 Å². The Morgan fingerprint density at radius 1 is 0.842 bits per heavy atom. The molecule has 4 heterocycles. The first-order valence-corrected chi connectivity index (χ1v) is 20.3. The largest absolute Gasteiger partial charge is 0.381 e. The lowest BCUT2D eigenvalue weighted by Crippen LogP contribution is -2.49. The van der Waals surface area contributed by atoms with Gasteiger partial charge in [0.1, 0.15) is 0 Å². The van der Waals surface area contributed by atoms with E-state index in [1.54, 1.807) is 4.90 Å². The number of H-pyrrole nitrogens is 1. The van der Waals surface area contributed by atoms with Gasteiger partial charge < -0.3 is 19.9 Å². The number of hydrogen-bond donors (Lipinski definition) is 3. The molecule has 0 atom stereocenters. The highest BCUT2D eigenvalue weighted by atomic mass is 16.5. The number of carbonyl (C=O) groups excluding carboxylic acids is 3. The number of piperazine rings is 1. The van der Waals surface area contributed by atoms with Crippen molar-refractivity contribution in [2.24, 2.45) is 0 Å². The van der Waals surface area contributed by atoms with Crippen LogP contribution in [0.3, 0.4) is 0 Å². The number of imide groups is 1. The number of anilines is 2.